The van der Waals surface area contributed by atoms with Crippen LogP contribution in [0.5, 0.6) is 0 Å². The van der Waals surface area contributed by atoms with Gasteiger partial charge in [0.2, 0.25) is 0 Å². The zero-order valence-corrected chi connectivity index (χ0v) is 7.41. The van der Waals surface area contributed by atoms with Crippen LogP contribution in [0.15, 0.2) is 11.6 Å². The van der Waals surface area contributed by atoms with Crippen molar-refractivity contribution < 1.29 is 0 Å². The van der Waals surface area contributed by atoms with Crippen LogP contribution in [0.1, 0.15) is 46.5 Å². The van der Waals surface area contributed by atoms with Gasteiger partial charge in [-0.2, -0.15) is 0 Å². The molecule has 0 bridgehead atoms. The van der Waals surface area contributed by atoms with Crippen LogP contribution < -0.4 is 0 Å². The summed E-state index contributed by atoms with van der Waals surface area (Å²) in [6, 6.07) is 0. The fourth-order valence-corrected chi connectivity index (χ4v) is 1.88. The Balaban J connectivity index is 2.73. The molecule has 0 atom stereocenters. The number of rotatable bonds is 1. The number of allylic oxidation sites excluding steroid dienone is 2. The van der Waals surface area contributed by atoms with Crippen LogP contribution in [0.3, 0.4) is 0 Å². The van der Waals surface area contributed by atoms with E-state index in [-0.39, 0.29) is 0 Å². The summed E-state index contributed by atoms with van der Waals surface area (Å²) in [4.78, 5) is 0. The highest BCUT2D eigenvalue weighted by Gasteiger charge is 2.23. The standard InChI is InChI=1S/C10H18/c1-4-9-7-5-6-8-10(9,2)3/h7H,4-6,8H2,1-3H3. The monoisotopic (exact) mass is 138 g/mol. The molecular formula is C10H18. The molecule has 0 fully saturated rings. The maximum atomic E-state index is 2.43. The molecule has 0 unspecified atom stereocenters. The summed E-state index contributed by atoms with van der Waals surface area (Å²) in [7, 11) is 0. The molecule has 0 heterocycles. The lowest BCUT2D eigenvalue weighted by Crippen LogP contribution is -2.17. The van der Waals surface area contributed by atoms with Crippen molar-refractivity contribution in [2.24, 2.45) is 5.41 Å². The van der Waals surface area contributed by atoms with Gasteiger partial charge in [-0.3, -0.25) is 0 Å². The highest BCUT2D eigenvalue weighted by molar-refractivity contribution is 5.14. The molecular weight excluding hydrogens is 120 g/mol. The third-order valence-electron chi connectivity index (χ3n) is 2.65. The van der Waals surface area contributed by atoms with Crippen LogP contribution >= 0.6 is 0 Å². The van der Waals surface area contributed by atoms with Gasteiger partial charge in [0.05, 0.1) is 0 Å². The van der Waals surface area contributed by atoms with Gasteiger partial charge in [0, 0.05) is 0 Å². The molecule has 0 spiro atoms. The van der Waals surface area contributed by atoms with E-state index in [2.05, 4.69) is 26.8 Å². The quantitative estimate of drug-likeness (QED) is 0.486. The Kier molecular flexibility index (Phi) is 2.18. The maximum absolute atomic E-state index is 2.43. The van der Waals surface area contributed by atoms with Crippen molar-refractivity contribution in [3.8, 4) is 0 Å². The van der Waals surface area contributed by atoms with Gasteiger partial charge in [-0.05, 0) is 31.1 Å². The van der Waals surface area contributed by atoms with Crippen LogP contribution in [0.2, 0.25) is 0 Å². The van der Waals surface area contributed by atoms with Crippen molar-refractivity contribution in [1.29, 1.82) is 0 Å². The van der Waals surface area contributed by atoms with Crippen LogP contribution in [-0.2, 0) is 0 Å². The molecule has 0 radical (unpaired) electrons. The lowest BCUT2D eigenvalue weighted by molar-refractivity contribution is 0.366. The molecule has 0 aromatic rings. The van der Waals surface area contributed by atoms with E-state index < -0.39 is 0 Å². The van der Waals surface area contributed by atoms with Crippen molar-refractivity contribution in [3.63, 3.8) is 0 Å². The van der Waals surface area contributed by atoms with Crippen molar-refractivity contribution in [3.05, 3.63) is 11.6 Å². The summed E-state index contributed by atoms with van der Waals surface area (Å²) in [5.74, 6) is 0. The van der Waals surface area contributed by atoms with Gasteiger partial charge in [-0.15, -0.1) is 0 Å². The lowest BCUT2D eigenvalue weighted by Gasteiger charge is -2.31. The van der Waals surface area contributed by atoms with E-state index in [0.29, 0.717) is 5.41 Å². The van der Waals surface area contributed by atoms with Gasteiger partial charge in [0.15, 0.2) is 0 Å². The van der Waals surface area contributed by atoms with Crippen molar-refractivity contribution in [2.75, 3.05) is 0 Å². The first kappa shape index (κ1) is 7.84. The summed E-state index contributed by atoms with van der Waals surface area (Å²) >= 11 is 0. The molecule has 0 heteroatoms. The average Bonchev–Trinajstić information content (AvgIpc) is 1.87. The second-order valence-electron chi connectivity index (χ2n) is 3.86. The molecule has 1 rings (SSSR count). The molecule has 1 aliphatic rings. The molecule has 58 valence electrons. The minimum absolute atomic E-state index is 0.507. The van der Waals surface area contributed by atoms with Crippen LogP contribution in [0, 0.1) is 5.41 Å². The summed E-state index contributed by atoms with van der Waals surface area (Å²) in [6.45, 7) is 6.99. The van der Waals surface area contributed by atoms with Gasteiger partial charge >= 0.3 is 0 Å². The van der Waals surface area contributed by atoms with Crippen molar-refractivity contribution in [1.82, 2.24) is 0 Å². The highest BCUT2D eigenvalue weighted by atomic mass is 14.3. The first-order valence-corrected chi connectivity index (χ1v) is 4.36. The second kappa shape index (κ2) is 2.77. The number of hydrogen-bond donors (Lipinski definition) is 0. The Labute approximate surface area is 64.3 Å². The summed E-state index contributed by atoms with van der Waals surface area (Å²) in [5, 5.41) is 0. The predicted octanol–water partition coefficient (Wildman–Crippen LogP) is 3.53. The zero-order chi connectivity index (χ0) is 7.61. The smallest absolute Gasteiger partial charge is 0.0145 e. The minimum Gasteiger partial charge on any atom is -0.0848 e. The van der Waals surface area contributed by atoms with Crippen LogP contribution in [0.25, 0.3) is 0 Å². The molecule has 0 nitrogen and oxygen atoms in total. The topological polar surface area (TPSA) is 0 Å². The van der Waals surface area contributed by atoms with E-state index in [1.807, 2.05) is 0 Å². The average molecular weight is 138 g/mol. The molecule has 0 N–H and O–H groups in total. The van der Waals surface area contributed by atoms with Gasteiger partial charge in [-0.25, -0.2) is 0 Å². The Hall–Kier alpha value is -0.260. The summed E-state index contributed by atoms with van der Waals surface area (Å²) in [5.41, 5.74) is 2.17. The lowest BCUT2D eigenvalue weighted by atomic mass is 9.75. The summed E-state index contributed by atoms with van der Waals surface area (Å²) < 4.78 is 0. The van der Waals surface area contributed by atoms with Crippen LogP contribution in [-0.4, -0.2) is 0 Å². The Bertz CT molecular complexity index is 140. The SMILES string of the molecule is CCC1=CCCCC1(C)C. The molecule has 0 aromatic heterocycles. The Morgan fingerprint density at radius 2 is 2.20 bits per heavy atom. The number of hydrogen-bond acceptors (Lipinski definition) is 0. The molecule has 0 saturated carbocycles. The zero-order valence-electron chi connectivity index (χ0n) is 7.41. The maximum Gasteiger partial charge on any atom is -0.0145 e. The van der Waals surface area contributed by atoms with Gasteiger partial charge in [0.25, 0.3) is 0 Å². The van der Waals surface area contributed by atoms with Crippen molar-refractivity contribution in [2.45, 2.75) is 46.5 Å². The van der Waals surface area contributed by atoms with E-state index in [1.54, 1.807) is 5.57 Å². The Morgan fingerprint density at radius 1 is 1.50 bits per heavy atom. The fraction of sp³-hybridized carbons (Fsp3) is 0.800. The Morgan fingerprint density at radius 3 is 2.60 bits per heavy atom. The largest absolute Gasteiger partial charge is 0.0848 e. The summed E-state index contributed by atoms with van der Waals surface area (Å²) in [6.07, 6.45) is 7.76. The van der Waals surface area contributed by atoms with Gasteiger partial charge < -0.3 is 0 Å². The van der Waals surface area contributed by atoms with E-state index in [0.717, 1.165) is 0 Å². The van der Waals surface area contributed by atoms with Gasteiger partial charge in [-0.1, -0.05) is 32.4 Å². The third kappa shape index (κ3) is 1.42. The fourth-order valence-electron chi connectivity index (χ4n) is 1.88. The van der Waals surface area contributed by atoms with Crippen LogP contribution in [0.4, 0.5) is 0 Å². The molecule has 0 saturated heterocycles. The molecule has 0 amide bonds. The van der Waals surface area contributed by atoms with E-state index in [4.69, 9.17) is 0 Å². The third-order valence-corrected chi connectivity index (χ3v) is 2.65. The second-order valence-corrected chi connectivity index (χ2v) is 3.86. The normalized spacial score (nSPS) is 24.1. The highest BCUT2D eigenvalue weighted by Crippen LogP contribution is 2.37. The molecule has 0 aliphatic heterocycles. The predicted molar refractivity (Wildman–Crippen MR) is 46.0 cm³/mol. The molecule has 1 aliphatic carbocycles. The molecule has 10 heavy (non-hydrogen) atoms. The first-order chi connectivity index (χ1) is 4.67. The minimum atomic E-state index is 0.507. The van der Waals surface area contributed by atoms with Gasteiger partial charge in [0.1, 0.15) is 0 Å². The van der Waals surface area contributed by atoms with E-state index in [1.165, 1.54) is 25.7 Å². The molecule has 0 aromatic carbocycles. The van der Waals surface area contributed by atoms with Crippen molar-refractivity contribution >= 4 is 0 Å². The first-order valence-electron chi connectivity index (χ1n) is 4.36. The van der Waals surface area contributed by atoms with E-state index in [9.17, 15) is 0 Å². The van der Waals surface area contributed by atoms with E-state index >= 15 is 0 Å².